The molecule has 0 aromatic heterocycles. The van der Waals surface area contributed by atoms with Crippen molar-refractivity contribution >= 4 is 29.0 Å². The van der Waals surface area contributed by atoms with Crippen LogP contribution in [0.3, 0.4) is 0 Å². The highest BCUT2D eigenvalue weighted by molar-refractivity contribution is 5.91. The van der Waals surface area contributed by atoms with Crippen LogP contribution in [0.2, 0.25) is 0 Å². The fraction of sp³-hybridized carbons (Fsp3) is 0.417. The van der Waals surface area contributed by atoms with Crippen molar-refractivity contribution in [3.63, 3.8) is 0 Å². The Morgan fingerprint density at radius 1 is 0.968 bits per heavy atom. The molecule has 2 heterocycles. The number of hydrogen-bond donors (Lipinski definition) is 3. The minimum Gasteiger partial charge on any atom is -0.367 e. The maximum Gasteiger partial charge on any atom is 0.319 e. The summed E-state index contributed by atoms with van der Waals surface area (Å²) in [6.07, 6.45) is 0.937. The Morgan fingerprint density at radius 3 is 2.32 bits per heavy atom. The number of carbonyl (C=O) groups is 2. The van der Waals surface area contributed by atoms with Crippen LogP contribution in [0.25, 0.3) is 0 Å². The number of benzene rings is 2. The molecule has 31 heavy (non-hydrogen) atoms. The van der Waals surface area contributed by atoms with Crippen LogP contribution in [0.1, 0.15) is 32.8 Å². The lowest BCUT2D eigenvalue weighted by molar-refractivity contribution is -0.114. The summed E-state index contributed by atoms with van der Waals surface area (Å²) in [5.41, 5.74) is 4.08. The zero-order valence-electron chi connectivity index (χ0n) is 18.4. The van der Waals surface area contributed by atoms with E-state index in [1.54, 1.807) is 24.3 Å². The first-order chi connectivity index (χ1) is 14.9. The van der Waals surface area contributed by atoms with E-state index in [4.69, 9.17) is 0 Å². The topological polar surface area (TPSA) is 76.7 Å². The van der Waals surface area contributed by atoms with Gasteiger partial charge in [-0.25, -0.2) is 4.79 Å². The van der Waals surface area contributed by atoms with Crippen molar-refractivity contribution in [1.29, 1.82) is 0 Å². The normalized spacial score (nSPS) is 20.6. The van der Waals surface area contributed by atoms with Gasteiger partial charge in [-0.15, -0.1) is 0 Å². The van der Waals surface area contributed by atoms with Gasteiger partial charge in [-0.3, -0.25) is 9.69 Å². The molecule has 7 nitrogen and oxygen atoms in total. The van der Waals surface area contributed by atoms with Crippen molar-refractivity contribution in [3.8, 4) is 0 Å². The minimum atomic E-state index is -0.198. The number of hydrogen-bond acceptors (Lipinski definition) is 4. The number of carbonyl (C=O) groups excluding carboxylic acids is 2. The Balaban J connectivity index is 1.37. The van der Waals surface area contributed by atoms with Gasteiger partial charge in [0, 0.05) is 61.7 Å². The number of para-hydroxylation sites is 1. The third-order valence-electron chi connectivity index (χ3n) is 6.03. The molecule has 2 aromatic carbocycles. The Kier molecular flexibility index (Phi) is 6.13. The van der Waals surface area contributed by atoms with Gasteiger partial charge < -0.3 is 20.9 Å². The molecule has 3 N–H and O–H groups in total. The monoisotopic (exact) mass is 421 g/mol. The Hall–Kier alpha value is -3.06. The summed E-state index contributed by atoms with van der Waals surface area (Å²) in [6.45, 7) is 8.67. The van der Waals surface area contributed by atoms with Gasteiger partial charge in [0.25, 0.3) is 0 Å². The first-order valence-electron chi connectivity index (χ1n) is 10.9. The fourth-order valence-electron chi connectivity index (χ4n) is 4.62. The number of nitrogens with zero attached hydrogens (tertiary/aromatic N) is 2. The number of amides is 3. The molecule has 0 unspecified atom stereocenters. The van der Waals surface area contributed by atoms with E-state index < -0.39 is 0 Å². The van der Waals surface area contributed by atoms with Crippen LogP contribution in [0, 0.1) is 0 Å². The minimum absolute atomic E-state index is 0.114. The smallest absolute Gasteiger partial charge is 0.319 e. The van der Waals surface area contributed by atoms with Gasteiger partial charge in [0.05, 0.1) is 0 Å². The van der Waals surface area contributed by atoms with Crippen molar-refractivity contribution < 1.29 is 9.59 Å². The number of urea groups is 1. The molecule has 0 bridgehead atoms. The second kappa shape index (κ2) is 8.98. The lowest BCUT2D eigenvalue weighted by Crippen LogP contribution is -2.40. The van der Waals surface area contributed by atoms with Crippen LogP contribution in [0.5, 0.6) is 0 Å². The first-order valence-corrected chi connectivity index (χ1v) is 10.9. The van der Waals surface area contributed by atoms with Crippen molar-refractivity contribution in [2.45, 2.75) is 51.9 Å². The summed E-state index contributed by atoms with van der Waals surface area (Å²) in [5, 5.41) is 8.75. The highest BCUT2D eigenvalue weighted by Gasteiger charge is 2.37. The molecule has 3 amide bonds. The zero-order valence-corrected chi connectivity index (χ0v) is 18.4. The lowest BCUT2D eigenvalue weighted by atomic mass is 10.1. The molecule has 2 aliphatic rings. The van der Waals surface area contributed by atoms with Gasteiger partial charge in [0.1, 0.15) is 0 Å². The van der Waals surface area contributed by atoms with Crippen LogP contribution in [0.15, 0.2) is 48.5 Å². The molecule has 164 valence electrons. The zero-order chi connectivity index (χ0) is 22.0. The predicted octanol–water partition coefficient (Wildman–Crippen LogP) is 3.64. The molecule has 1 fully saturated rings. The molecular weight excluding hydrogens is 390 g/mol. The largest absolute Gasteiger partial charge is 0.367 e. The van der Waals surface area contributed by atoms with Crippen molar-refractivity contribution in [3.05, 3.63) is 54.1 Å². The number of fused-ring (bicyclic) bond motifs is 2. The number of anilines is 3. The lowest BCUT2D eigenvalue weighted by Gasteiger charge is -2.31. The van der Waals surface area contributed by atoms with E-state index in [-0.39, 0.29) is 18.0 Å². The van der Waals surface area contributed by atoms with Gasteiger partial charge in [-0.1, -0.05) is 18.2 Å². The van der Waals surface area contributed by atoms with Crippen LogP contribution in [0.4, 0.5) is 21.9 Å². The molecule has 2 aliphatic heterocycles. The van der Waals surface area contributed by atoms with Gasteiger partial charge in [-0.05, 0) is 56.2 Å². The standard InChI is InChI=1S/C24H31N5O2/c1-16(2)29-15-22-12-21(14-28(22)13-18-6-4-5-7-23(18)29)27-24(31)26-20-10-8-19(9-11-20)25-17(3)30/h4-11,16,21-22H,12-15H2,1-3H3,(H,25,30)(H2,26,27,31)/t21-,22-/m0/s1. The second-order valence-corrected chi connectivity index (χ2v) is 8.75. The molecule has 7 heteroatoms. The molecule has 0 spiro atoms. The van der Waals surface area contributed by atoms with Crippen LogP contribution in [-0.4, -0.2) is 48.1 Å². The molecule has 0 aliphatic carbocycles. The number of rotatable bonds is 4. The van der Waals surface area contributed by atoms with Crippen LogP contribution < -0.4 is 20.9 Å². The van der Waals surface area contributed by atoms with Gasteiger partial charge in [0.15, 0.2) is 0 Å². The van der Waals surface area contributed by atoms with E-state index in [9.17, 15) is 9.59 Å². The van der Waals surface area contributed by atoms with Crippen molar-refractivity contribution in [2.75, 3.05) is 28.6 Å². The van der Waals surface area contributed by atoms with E-state index in [0.29, 0.717) is 23.5 Å². The average molecular weight is 422 g/mol. The quantitative estimate of drug-likeness (QED) is 0.705. The summed E-state index contributed by atoms with van der Waals surface area (Å²) in [5.74, 6) is -0.120. The van der Waals surface area contributed by atoms with Crippen molar-refractivity contribution in [1.82, 2.24) is 10.2 Å². The van der Waals surface area contributed by atoms with E-state index in [0.717, 1.165) is 26.1 Å². The molecule has 2 aromatic rings. The fourth-order valence-corrected chi connectivity index (χ4v) is 4.62. The van der Waals surface area contributed by atoms with E-state index in [2.05, 4.69) is 63.9 Å². The summed E-state index contributed by atoms with van der Waals surface area (Å²) >= 11 is 0. The van der Waals surface area contributed by atoms with Crippen molar-refractivity contribution in [2.24, 2.45) is 0 Å². The summed E-state index contributed by atoms with van der Waals surface area (Å²) in [4.78, 5) is 28.7. The third kappa shape index (κ3) is 4.99. The SMILES string of the molecule is CC(=O)Nc1ccc(NC(=O)N[C@H]2C[C@H]3CN(C(C)C)c4ccccc4CN3C2)cc1. The number of nitrogens with one attached hydrogen (secondary N) is 3. The van der Waals surface area contributed by atoms with E-state index in [1.165, 1.54) is 18.2 Å². The van der Waals surface area contributed by atoms with E-state index >= 15 is 0 Å². The van der Waals surface area contributed by atoms with Gasteiger partial charge >= 0.3 is 6.03 Å². The Labute approximate surface area is 183 Å². The molecule has 1 saturated heterocycles. The molecule has 0 radical (unpaired) electrons. The first kappa shape index (κ1) is 21.2. The third-order valence-corrected chi connectivity index (χ3v) is 6.03. The van der Waals surface area contributed by atoms with Gasteiger partial charge in [0.2, 0.25) is 5.91 Å². The highest BCUT2D eigenvalue weighted by Crippen LogP contribution is 2.32. The summed E-state index contributed by atoms with van der Waals surface area (Å²) < 4.78 is 0. The van der Waals surface area contributed by atoms with Gasteiger partial charge in [-0.2, -0.15) is 0 Å². The van der Waals surface area contributed by atoms with E-state index in [1.807, 2.05) is 0 Å². The second-order valence-electron chi connectivity index (χ2n) is 8.75. The average Bonchev–Trinajstić information content (AvgIpc) is 3.00. The Bertz CT molecular complexity index is 943. The maximum atomic E-state index is 12.6. The molecule has 4 rings (SSSR count). The Morgan fingerprint density at radius 2 is 1.65 bits per heavy atom. The van der Waals surface area contributed by atoms with Crippen LogP contribution in [-0.2, 0) is 11.3 Å². The molecular formula is C24H31N5O2. The summed E-state index contributed by atoms with van der Waals surface area (Å²) in [6, 6.07) is 16.5. The molecule has 0 saturated carbocycles. The highest BCUT2D eigenvalue weighted by atomic mass is 16.2. The maximum absolute atomic E-state index is 12.6. The predicted molar refractivity (Wildman–Crippen MR) is 124 cm³/mol. The molecule has 2 atom stereocenters. The summed E-state index contributed by atoms with van der Waals surface area (Å²) in [7, 11) is 0. The van der Waals surface area contributed by atoms with Crippen LogP contribution >= 0.6 is 0 Å².